The molecule has 0 aromatic heterocycles. The number of hydrogen-bond acceptors (Lipinski definition) is 2. The van der Waals surface area contributed by atoms with Crippen LogP contribution in [0.2, 0.25) is 0 Å². The van der Waals surface area contributed by atoms with Crippen LogP contribution in [0.4, 0.5) is 0 Å². The van der Waals surface area contributed by atoms with Crippen LogP contribution in [0, 0.1) is 17.8 Å². The van der Waals surface area contributed by atoms with E-state index in [0.29, 0.717) is 17.6 Å². The van der Waals surface area contributed by atoms with Gasteiger partial charge in [0.05, 0.1) is 5.60 Å². The topological polar surface area (TPSA) is 37.3 Å². The van der Waals surface area contributed by atoms with Gasteiger partial charge in [0.1, 0.15) is 5.78 Å². The van der Waals surface area contributed by atoms with E-state index in [1.807, 2.05) is 0 Å². The quantitative estimate of drug-likeness (QED) is 0.639. The molecule has 1 N–H and O–H groups in total. The third-order valence-electron chi connectivity index (χ3n) is 4.81. The first-order chi connectivity index (χ1) is 6.72. The summed E-state index contributed by atoms with van der Waals surface area (Å²) < 4.78 is 0. The Morgan fingerprint density at radius 2 is 2.07 bits per heavy atom. The smallest absolute Gasteiger partial charge is 0.141 e. The van der Waals surface area contributed by atoms with Gasteiger partial charge in [-0.1, -0.05) is 12.8 Å². The zero-order valence-electron chi connectivity index (χ0n) is 8.54. The van der Waals surface area contributed by atoms with Crippen molar-refractivity contribution in [1.82, 2.24) is 0 Å². The second-order valence-electron chi connectivity index (χ2n) is 5.40. The molecule has 0 saturated heterocycles. The third kappa shape index (κ3) is 0.979. The minimum atomic E-state index is -0.595. The van der Waals surface area contributed by atoms with Crippen molar-refractivity contribution in [2.75, 3.05) is 0 Å². The SMILES string of the molecule is O=C1[C@@H]2CC[C@H]1[C@@]1(O)CCCC[C@H]1C2. The van der Waals surface area contributed by atoms with E-state index in [9.17, 15) is 9.90 Å². The van der Waals surface area contributed by atoms with Crippen molar-refractivity contribution < 1.29 is 9.90 Å². The second-order valence-corrected chi connectivity index (χ2v) is 5.40. The average Bonchev–Trinajstić information content (AvgIpc) is 2.46. The van der Waals surface area contributed by atoms with E-state index in [2.05, 4.69) is 0 Å². The first-order valence-electron chi connectivity index (χ1n) is 5.98. The number of Topliss-reactive ketones (excluding diaryl/α,β-unsaturated/α-hetero) is 1. The maximum absolute atomic E-state index is 11.9. The van der Waals surface area contributed by atoms with Gasteiger partial charge in [-0.3, -0.25) is 4.79 Å². The molecule has 0 aromatic rings. The van der Waals surface area contributed by atoms with Gasteiger partial charge < -0.3 is 5.11 Å². The molecule has 3 aliphatic rings. The lowest BCUT2D eigenvalue weighted by atomic mass is 9.62. The van der Waals surface area contributed by atoms with Crippen LogP contribution in [-0.2, 0) is 4.79 Å². The lowest BCUT2D eigenvalue weighted by Gasteiger charge is -2.46. The predicted molar refractivity (Wildman–Crippen MR) is 52.7 cm³/mol. The second kappa shape index (κ2) is 2.82. The standard InChI is InChI=1S/C12H18O2/c13-11-8-4-5-10(11)12(14)6-2-1-3-9(12)7-8/h8-10,14H,1-7H2/t8-,9+,10-,12-/m1/s1. The Bertz CT molecular complexity index is 273. The van der Waals surface area contributed by atoms with Crippen molar-refractivity contribution in [3.05, 3.63) is 0 Å². The molecule has 3 rings (SSSR count). The molecule has 2 nitrogen and oxygen atoms in total. The van der Waals surface area contributed by atoms with E-state index >= 15 is 0 Å². The Balaban J connectivity index is 1.96. The van der Waals surface area contributed by atoms with Crippen LogP contribution >= 0.6 is 0 Å². The van der Waals surface area contributed by atoms with Gasteiger partial charge >= 0.3 is 0 Å². The van der Waals surface area contributed by atoms with Crippen LogP contribution in [0.25, 0.3) is 0 Å². The minimum Gasteiger partial charge on any atom is -0.389 e. The summed E-state index contributed by atoms with van der Waals surface area (Å²) in [4.78, 5) is 11.9. The highest BCUT2D eigenvalue weighted by Crippen LogP contribution is 2.53. The van der Waals surface area contributed by atoms with Gasteiger partial charge in [-0.2, -0.15) is 0 Å². The number of ketones is 1. The van der Waals surface area contributed by atoms with E-state index in [0.717, 1.165) is 38.5 Å². The van der Waals surface area contributed by atoms with Gasteiger partial charge in [0.25, 0.3) is 0 Å². The molecular weight excluding hydrogens is 176 g/mol. The van der Waals surface area contributed by atoms with Crippen LogP contribution in [-0.4, -0.2) is 16.5 Å². The van der Waals surface area contributed by atoms with Gasteiger partial charge in [-0.15, -0.1) is 0 Å². The van der Waals surface area contributed by atoms with Crippen LogP contribution < -0.4 is 0 Å². The number of rotatable bonds is 0. The lowest BCUT2D eigenvalue weighted by Crippen LogP contribution is -2.53. The van der Waals surface area contributed by atoms with E-state index in [1.165, 1.54) is 6.42 Å². The normalized spacial score (nSPS) is 51.8. The largest absolute Gasteiger partial charge is 0.389 e. The Labute approximate surface area is 84.7 Å². The number of carbonyl (C=O) groups is 1. The fraction of sp³-hybridized carbons (Fsp3) is 0.917. The van der Waals surface area contributed by atoms with Crippen molar-refractivity contribution in [3.63, 3.8) is 0 Å². The van der Waals surface area contributed by atoms with Gasteiger partial charge in [-0.25, -0.2) is 0 Å². The Morgan fingerprint density at radius 1 is 1.21 bits per heavy atom. The minimum absolute atomic E-state index is 0.00606. The molecule has 0 amide bonds. The molecule has 3 aliphatic carbocycles. The molecule has 14 heavy (non-hydrogen) atoms. The fourth-order valence-electron chi connectivity index (χ4n) is 4.04. The van der Waals surface area contributed by atoms with Crippen molar-refractivity contribution in [2.24, 2.45) is 17.8 Å². The molecule has 3 fully saturated rings. The molecule has 78 valence electrons. The summed E-state index contributed by atoms with van der Waals surface area (Å²) in [5.41, 5.74) is -0.595. The molecule has 0 unspecified atom stereocenters. The summed E-state index contributed by atoms with van der Waals surface area (Å²) in [5.74, 6) is 1.13. The molecule has 0 aliphatic heterocycles. The molecule has 2 heteroatoms. The maximum Gasteiger partial charge on any atom is 0.141 e. The zero-order chi connectivity index (χ0) is 9.76. The van der Waals surface area contributed by atoms with Gasteiger partial charge in [-0.05, 0) is 38.0 Å². The van der Waals surface area contributed by atoms with Crippen molar-refractivity contribution in [1.29, 1.82) is 0 Å². The third-order valence-corrected chi connectivity index (χ3v) is 4.81. The molecule has 0 radical (unpaired) electrons. The van der Waals surface area contributed by atoms with E-state index in [4.69, 9.17) is 0 Å². The molecule has 3 saturated carbocycles. The molecule has 2 bridgehead atoms. The number of carbonyl (C=O) groups excluding carboxylic acids is 1. The van der Waals surface area contributed by atoms with E-state index < -0.39 is 5.60 Å². The number of fused-ring (bicyclic) bond motifs is 4. The molecule has 4 atom stereocenters. The zero-order valence-corrected chi connectivity index (χ0v) is 8.54. The lowest BCUT2D eigenvalue weighted by molar-refractivity contribution is -0.152. The predicted octanol–water partition coefficient (Wildman–Crippen LogP) is 1.91. The van der Waals surface area contributed by atoms with Crippen LogP contribution in [0.3, 0.4) is 0 Å². The fourth-order valence-corrected chi connectivity index (χ4v) is 4.04. The Kier molecular flexibility index (Phi) is 1.79. The van der Waals surface area contributed by atoms with Crippen molar-refractivity contribution in [3.8, 4) is 0 Å². The monoisotopic (exact) mass is 194 g/mol. The number of hydrogen-bond donors (Lipinski definition) is 1. The van der Waals surface area contributed by atoms with Gasteiger partial charge in [0, 0.05) is 11.8 Å². The van der Waals surface area contributed by atoms with Gasteiger partial charge in [0.2, 0.25) is 0 Å². The first kappa shape index (κ1) is 8.90. The summed E-state index contributed by atoms with van der Waals surface area (Å²) in [7, 11) is 0. The molecule has 0 heterocycles. The summed E-state index contributed by atoms with van der Waals surface area (Å²) in [5, 5.41) is 10.6. The molecule has 0 spiro atoms. The highest BCUT2D eigenvalue weighted by molar-refractivity contribution is 5.87. The summed E-state index contributed by atoms with van der Waals surface area (Å²) in [6.07, 6.45) is 7.37. The van der Waals surface area contributed by atoms with Crippen LogP contribution in [0.1, 0.15) is 44.9 Å². The maximum atomic E-state index is 11.9. The highest BCUT2D eigenvalue weighted by atomic mass is 16.3. The summed E-state index contributed by atoms with van der Waals surface area (Å²) in [6.45, 7) is 0. The van der Waals surface area contributed by atoms with E-state index in [-0.39, 0.29) is 5.92 Å². The molecule has 0 aromatic carbocycles. The van der Waals surface area contributed by atoms with Crippen LogP contribution in [0.15, 0.2) is 0 Å². The van der Waals surface area contributed by atoms with Gasteiger partial charge in [0.15, 0.2) is 0 Å². The summed E-state index contributed by atoms with van der Waals surface area (Å²) in [6, 6.07) is 0. The van der Waals surface area contributed by atoms with Crippen LogP contribution in [0.5, 0.6) is 0 Å². The summed E-state index contributed by atoms with van der Waals surface area (Å²) >= 11 is 0. The van der Waals surface area contributed by atoms with Crippen molar-refractivity contribution >= 4 is 5.78 Å². The molecular formula is C12H18O2. The van der Waals surface area contributed by atoms with E-state index in [1.54, 1.807) is 0 Å². The van der Waals surface area contributed by atoms with Crippen molar-refractivity contribution in [2.45, 2.75) is 50.5 Å². The Morgan fingerprint density at radius 3 is 2.93 bits per heavy atom. The first-order valence-corrected chi connectivity index (χ1v) is 5.98. The number of aliphatic hydroxyl groups is 1. The average molecular weight is 194 g/mol. The Hall–Kier alpha value is -0.370. The highest BCUT2D eigenvalue weighted by Gasteiger charge is 2.56.